The van der Waals surface area contributed by atoms with Gasteiger partial charge in [-0.2, -0.15) is 0 Å². The highest BCUT2D eigenvalue weighted by molar-refractivity contribution is 7.11. The first-order valence-electron chi connectivity index (χ1n) is 9.93. The van der Waals surface area contributed by atoms with Gasteiger partial charge in [0.15, 0.2) is 0 Å². The number of thiophene rings is 1. The lowest BCUT2D eigenvalue weighted by atomic mass is 10.0. The van der Waals surface area contributed by atoms with E-state index in [1.54, 1.807) is 11.3 Å². The third-order valence-corrected chi connectivity index (χ3v) is 6.23. The quantitative estimate of drug-likeness (QED) is 0.599. The Labute approximate surface area is 180 Å². The van der Waals surface area contributed by atoms with Gasteiger partial charge in [0.05, 0.1) is 12.6 Å². The van der Waals surface area contributed by atoms with Crippen molar-refractivity contribution in [3.05, 3.63) is 80.6 Å². The third kappa shape index (κ3) is 5.30. The SMILES string of the molecule is CCc1ccc(CNC(=O)c2cc(C(=O)N[C@@H](C)c3ccc(C)c(C)c3)ncn2)s1. The van der Waals surface area contributed by atoms with E-state index in [9.17, 15) is 9.59 Å². The molecular weight excluding hydrogens is 396 g/mol. The zero-order valence-electron chi connectivity index (χ0n) is 17.7. The van der Waals surface area contributed by atoms with Crippen LogP contribution in [-0.2, 0) is 13.0 Å². The summed E-state index contributed by atoms with van der Waals surface area (Å²) in [6, 6.07) is 11.4. The maximum Gasteiger partial charge on any atom is 0.270 e. The smallest absolute Gasteiger partial charge is 0.270 e. The number of benzene rings is 1. The van der Waals surface area contributed by atoms with E-state index in [4.69, 9.17) is 0 Å². The predicted molar refractivity (Wildman–Crippen MR) is 119 cm³/mol. The first-order chi connectivity index (χ1) is 14.4. The van der Waals surface area contributed by atoms with Crippen LogP contribution in [0.2, 0.25) is 0 Å². The Morgan fingerprint density at radius 2 is 1.67 bits per heavy atom. The number of carbonyl (C=O) groups is 2. The lowest BCUT2D eigenvalue weighted by Gasteiger charge is -2.15. The number of carbonyl (C=O) groups excluding carboxylic acids is 2. The summed E-state index contributed by atoms with van der Waals surface area (Å²) in [5, 5.41) is 5.78. The molecule has 7 heteroatoms. The predicted octanol–water partition coefficient (Wildman–Crippen LogP) is 4.14. The fourth-order valence-electron chi connectivity index (χ4n) is 2.96. The molecule has 1 aromatic carbocycles. The maximum absolute atomic E-state index is 12.6. The van der Waals surface area contributed by atoms with Crippen molar-refractivity contribution in [3.8, 4) is 0 Å². The second-order valence-electron chi connectivity index (χ2n) is 7.23. The molecule has 0 spiro atoms. The van der Waals surface area contributed by atoms with Crippen LogP contribution in [0.25, 0.3) is 0 Å². The highest BCUT2D eigenvalue weighted by Gasteiger charge is 2.16. The number of hydrogen-bond acceptors (Lipinski definition) is 5. The first kappa shape index (κ1) is 21.6. The third-order valence-electron chi connectivity index (χ3n) is 5.00. The van der Waals surface area contributed by atoms with Gasteiger partial charge in [0.1, 0.15) is 17.7 Å². The van der Waals surface area contributed by atoms with E-state index in [2.05, 4.69) is 46.6 Å². The van der Waals surface area contributed by atoms with Crippen molar-refractivity contribution >= 4 is 23.2 Å². The van der Waals surface area contributed by atoms with E-state index in [0.717, 1.165) is 16.9 Å². The molecular formula is C23H26N4O2S. The van der Waals surface area contributed by atoms with Crippen LogP contribution in [-0.4, -0.2) is 21.8 Å². The van der Waals surface area contributed by atoms with Crippen molar-refractivity contribution in [1.29, 1.82) is 0 Å². The number of aryl methyl sites for hydroxylation is 3. The van der Waals surface area contributed by atoms with Gasteiger partial charge in [-0.05, 0) is 56.0 Å². The topological polar surface area (TPSA) is 84.0 Å². The summed E-state index contributed by atoms with van der Waals surface area (Å²) < 4.78 is 0. The van der Waals surface area contributed by atoms with E-state index < -0.39 is 0 Å². The molecule has 0 bridgehead atoms. The molecule has 2 aromatic heterocycles. The molecule has 2 N–H and O–H groups in total. The second kappa shape index (κ2) is 9.63. The van der Waals surface area contributed by atoms with Crippen LogP contribution in [0.3, 0.4) is 0 Å². The molecule has 156 valence electrons. The largest absolute Gasteiger partial charge is 0.346 e. The molecule has 0 radical (unpaired) electrons. The summed E-state index contributed by atoms with van der Waals surface area (Å²) in [6.45, 7) is 8.54. The minimum Gasteiger partial charge on any atom is -0.346 e. The number of hydrogen-bond donors (Lipinski definition) is 2. The molecule has 2 amide bonds. The maximum atomic E-state index is 12.6. The van der Waals surface area contributed by atoms with Crippen LogP contribution in [0.1, 0.15) is 67.3 Å². The Kier molecular flexibility index (Phi) is 6.95. The summed E-state index contributed by atoms with van der Waals surface area (Å²) in [7, 11) is 0. The van der Waals surface area contributed by atoms with E-state index >= 15 is 0 Å². The van der Waals surface area contributed by atoms with Crippen LogP contribution in [0.4, 0.5) is 0 Å². The molecule has 0 saturated carbocycles. The molecule has 0 aliphatic heterocycles. The Bertz CT molecular complexity index is 1060. The molecule has 0 fully saturated rings. The summed E-state index contributed by atoms with van der Waals surface area (Å²) in [6.07, 6.45) is 2.22. The van der Waals surface area contributed by atoms with Crippen molar-refractivity contribution in [2.75, 3.05) is 0 Å². The zero-order chi connectivity index (χ0) is 21.7. The Morgan fingerprint density at radius 3 is 2.33 bits per heavy atom. The fraction of sp³-hybridized carbons (Fsp3) is 0.304. The zero-order valence-corrected chi connectivity index (χ0v) is 18.5. The van der Waals surface area contributed by atoms with Gasteiger partial charge in [-0.3, -0.25) is 9.59 Å². The lowest BCUT2D eigenvalue weighted by molar-refractivity contribution is 0.0934. The molecule has 1 atom stereocenters. The van der Waals surface area contributed by atoms with Crippen molar-refractivity contribution < 1.29 is 9.59 Å². The molecule has 0 saturated heterocycles. The summed E-state index contributed by atoms with van der Waals surface area (Å²) in [4.78, 5) is 35.5. The monoisotopic (exact) mass is 422 g/mol. The Balaban J connectivity index is 1.63. The van der Waals surface area contributed by atoms with Crippen LogP contribution in [0, 0.1) is 13.8 Å². The van der Waals surface area contributed by atoms with Gasteiger partial charge >= 0.3 is 0 Å². The fourth-order valence-corrected chi connectivity index (χ4v) is 3.86. The van der Waals surface area contributed by atoms with E-state index in [0.29, 0.717) is 6.54 Å². The van der Waals surface area contributed by atoms with E-state index in [1.807, 2.05) is 32.0 Å². The average Bonchev–Trinajstić information content (AvgIpc) is 3.22. The minimum atomic E-state index is -0.344. The highest BCUT2D eigenvalue weighted by atomic mass is 32.1. The molecule has 0 unspecified atom stereocenters. The number of nitrogens with zero attached hydrogens (tertiary/aromatic N) is 2. The van der Waals surface area contributed by atoms with E-state index in [-0.39, 0.29) is 29.2 Å². The van der Waals surface area contributed by atoms with Gasteiger partial charge < -0.3 is 10.6 Å². The summed E-state index contributed by atoms with van der Waals surface area (Å²) in [5.41, 5.74) is 3.72. The molecule has 30 heavy (non-hydrogen) atoms. The minimum absolute atomic E-state index is 0.162. The van der Waals surface area contributed by atoms with Crippen molar-refractivity contribution in [1.82, 2.24) is 20.6 Å². The van der Waals surface area contributed by atoms with Crippen LogP contribution in [0.5, 0.6) is 0 Å². The van der Waals surface area contributed by atoms with Crippen molar-refractivity contribution in [2.45, 2.75) is 46.7 Å². The van der Waals surface area contributed by atoms with Crippen LogP contribution < -0.4 is 10.6 Å². The number of aromatic nitrogens is 2. The van der Waals surface area contributed by atoms with Gasteiger partial charge in [0.25, 0.3) is 11.8 Å². The van der Waals surface area contributed by atoms with Crippen molar-refractivity contribution in [3.63, 3.8) is 0 Å². The average molecular weight is 423 g/mol. The lowest BCUT2D eigenvalue weighted by Crippen LogP contribution is -2.29. The molecule has 0 aliphatic carbocycles. The van der Waals surface area contributed by atoms with Gasteiger partial charge in [-0.25, -0.2) is 9.97 Å². The first-order valence-corrected chi connectivity index (χ1v) is 10.7. The molecule has 3 rings (SSSR count). The number of nitrogens with one attached hydrogen (secondary N) is 2. The molecule has 2 heterocycles. The van der Waals surface area contributed by atoms with E-state index in [1.165, 1.54) is 28.4 Å². The van der Waals surface area contributed by atoms with Gasteiger partial charge in [-0.1, -0.05) is 25.1 Å². The standard InChI is InChI=1S/C23H26N4O2S/c1-5-18-8-9-19(30-18)12-24-22(28)20-11-21(26-13-25-20)23(29)27-16(4)17-7-6-14(2)15(3)10-17/h6-11,13,16H,5,12H2,1-4H3,(H,24,28)(H,27,29)/t16-/m0/s1. The van der Waals surface area contributed by atoms with Gasteiger partial charge in [0.2, 0.25) is 0 Å². The van der Waals surface area contributed by atoms with Crippen LogP contribution >= 0.6 is 11.3 Å². The number of rotatable bonds is 7. The second-order valence-corrected chi connectivity index (χ2v) is 8.48. The number of amides is 2. The normalized spacial score (nSPS) is 11.7. The van der Waals surface area contributed by atoms with Crippen LogP contribution in [0.15, 0.2) is 42.7 Å². The summed E-state index contributed by atoms with van der Waals surface area (Å²) >= 11 is 1.67. The van der Waals surface area contributed by atoms with Gasteiger partial charge in [-0.15, -0.1) is 11.3 Å². The highest BCUT2D eigenvalue weighted by Crippen LogP contribution is 2.18. The Morgan fingerprint density at radius 1 is 0.967 bits per heavy atom. The van der Waals surface area contributed by atoms with Crippen molar-refractivity contribution in [2.24, 2.45) is 0 Å². The molecule has 0 aliphatic rings. The van der Waals surface area contributed by atoms with Gasteiger partial charge in [0, 0.05) is 15.8 Å². The molecule has 6 nitrogen and oxygen atoms in total. The molecule has 3 aromatic rings. The summed E-state index contributed by atoms with van der Waals surface area (Å²) in [5.74, 6) is -0.678. The Hall–Kier alpha value is -3.06.